The molecule has 0 aliphatic rings. The van der Waals surface area contributed by atoms with Crippen LogP contribution in [0.15, 0.2) is 42.5 Å². The van der Waals surface area contributed by atoms with Gasteiger partial charge in [0.15, 0.2) is 0 Å². The van der Waals surface area contributed by atoms with Crippen LogP contribution < -0.4 is 9.47 Å². The van der Waals surface area contributed by atoms with Crippen LogP contribution in [0.2, 0.25) is 0 Å². The largest absolute Gasteiger partial charge is 0.496 e. The smallest absolute Gasteiger partial charge is 0.333 e. The number of methoxy groups -OCH3 is 1. The summed E-state index contributed by atoms with van der Waals surface area (Å²) in [5, 5.41) is 1.96. The molecule has 4 heteroatoms. The van der Waals surface area contributed by atoms with Crippen LogP contribution in [0.25, 0.3) is 10.8 Å². The Kier molecular flexibility index (Phi) is 5.27. The highest BCUT2D eigenvalue weighted by Crippen LogP contribution is 2.36. The first-order chi connectivity index (χ1) is 10.9. The zero-order valence-corrected chi connectivity index (χ0v) is 14.0. The predicted molar refractivity (Wildman–Crippen MR) is 91.1 cm³/mol. The third-order valence-electron chi connectivity index (χ3n) is 3.48. The van der Waals surface area contributed by atoms with Crippen molar-refractivity contribution < 1.29 is 19.0 Å². The minimum atomic E-state index is -0.405. The second-order valence-electron chi connectivity index (χ2n) is 5.58. The van der Waals surface area contributed by atoms with E-state index in [0.717, 1.165) is 27.8 Å². The van der Waals surface area contributed by atoms with Crippen molar-refractivity contribution in [3.05, 3.63) is 48.0 Å². The molecule has 0 aliphatic heterocycles. The molecular formula is C19H22O4. The Morgan fingerprint density at radius 2 is 1.91 bits per heavy atom. The van der Waals surface area contributed by atoms with Gasteiger partial charge in [-0.2, -0.15) is 0 Å². The second-order valence-corrected chi connectivity index (χ2v) is 5.58. The summed E-state index contributed by atoms with van der Waals surface area (Å²) in [5.41, 5.74) is 1.35. The van der Waals surface area contributed by atoms with Crippen LogP contribution in [0, 0.1) is 6.92 Å². The molecule has 0 fully saturated rings. The topological polar surface area (TPSA) is 44.8 Å². The number of fused-ring (bicyclic) bond motifs is 1. The molecule has 0 bridgehead atoms. The first kappa shape index (κ1) is 16.9. The lowest BCUT2D eigenvalue weighted by Crippen LogP contribution is -2.22. The molecule has 0 heterocycles. The SMILES string of the molecule is C=C(C)C(=O)OC(C)COc1c(C)cc(OC)c2ccccc12. The number of ether oxygens (including phenoxy) is 3. The molecule has 0 aliphatic carbocycles. The van der Waals surface area contributed by atoms with Gasteiger partial charge in [0.2, 0.25) is 0 Å². The Hall–Kier alpha value is -2.49. The van der Waals surface area contributed by atoms with Crippen molar-refractivity contribution in [1.82, 2.24) is 0 Å². The number of esters is 1. The van der Waals surface area contributed by atoms with Gasteiger partial charge in [-0.25, -0.2) is 4.79 Å². The van der Waals surface area contributed by atoms with E-state index in [9.17, 15) is 4.79 Å². The van der Waals surface area contributed by atoms with E-state index in [1.807, 2.05) is 37.3 Å². The van der Waals surface area contributed by atoms with Gasteiger partial charge in [-0.3, -0.25) is 0 Å². The summed E-state index contributed by atoms with van der Waals surface area (Å²) in [6, 6.07) is 9.85. The Morgan fingerprint density at radius 1 is 1.26 bits per heavy atom. The zero-order chi connectivity index (χ0) is 17.0. The molecule has 0 spiro atoms. The van der Waals surface area contributed by atoms with Gasteiger partial charge in [-0.15, -0.1) is 0 Å². The van der Waals surface area contributed by atoms with Gasteiger partial charge < -0.3 is 14.2 Å². The minimum Gasteiger partial charge on any atom is -0.496 e. The number of benzene rings is 2. The molecule has 23 heavy (non-hydrogen) atoms. The minimum absolute atomic E-state index is 0.274. The third kappa shape index (κ3) is 3.83. The Morgan fingerprint density at radius 3 is 2.52 bits per heavy atom. The van der Waals surface area contributed by atoms with Crippen LogP contribution in [0.5, 0.6) is 11.5 Å². The number of aryl methyl sites for hydroxylation is 1. The van der Waals surface area contributed by atoms with Crippen molar-refractivity contribution in [2.24, 2.45) is 0 Å². The number of carbonyl (C=O) groups excluding carboxylic acids is 1. The summed E-state index contributed by atoms with van der Waals surface area (Å²) < 4.78 is 16.6. The molecule has 0 saturated carbocycles. The summed E-state index contributed by atoms with van der Waals surface area (Å²) in [6.45, 7) is 9.23. The highest BCUT2D eigenvalue weighted by molar-refractivity contribution is 5.94. The zero-order valence-electron chi connectivity index (χ0n) is 14.0. The molecular weight excluding hydrogens is 292 g/mol. The normalized spacial score (nSPS) is 11.8. The Labute approximate surface area is 136 Å². The number of carbonyl (C=O) groups is 1. The average Bonchev–Trinajstić information content (AvgIpc) is 2.53. The quantitative estimate of drug-likeness (QED) is 0.596. The van der Waals surface area contributed by atoms with E-state index in [2.05, 4.69) is 6.58 Å². The molecule has 4 nitrogen and oxygen atoms in total. The van der Waals surface area contributed by atoms with E-state index in [1.165, 1.54) is 0 Å². The van der Waals surface area contributed by atoms with E-state index in [-0.39, 0.29) is 12.7 Å². The van der Waals surface area contributed by atoms with Gasteiger partial charge in [-0.1, -0.05) is 30.8 Å². The first-order valence-electron chi connectivity index (χ1n) is 7.49. The highest BCUT2D eigenvalue weighted by atomic mass is 16.6. The molecule has 1 unspecified atom stereocenters. The van der Waals surface area contributed by atoms with Gasteiger partial charge in [-0.05, 0) is 32.4 Å². The molecule has 0 radical (unpaired) electrons. The maximum Gasteiger partial charge on any atom is 0.333 e. The fraction of sp³-hybridized carbons (Fsp3) is 0.316. The molecule has 0 saturated heterocycles. The number of hydrogen-bond acceptors (Lipinski definition) is 4. The van der Waals surface area contributed by atoms with Crippen molar-refractivity contribution in [2.45, 2.75) is 26.9 Å². The molecule has 0 N–H and O–H groups in total. The molecule has 2 rings (SSSR count). The van der Waals surface area contributed by atoms with Crippen LogP contribution in [0.1, 0.15) is 19.4 Å². The lowest BCUT2D eigenvalue weighted by molar-refractivity contribution is -0.144. The summed E-state index contributed by atoms with van der Waals surface area (Å²) in [4.78, 5) is 11.5. The predicted octanol–water partition coefficient (Wildman–Crippen LogP) is 4.04. The van der Waals surface area contributed by atoms with E-state index < -0.39 is 5.97 Å². The maximum atomic E-state index is 11.5. The number of hydrogen-bond donors (Lipinski definition) is 0. The second kappa shape index (κ2) is 7.18. The van der Waals surface area contributed by atoms with Crippen LogP contribution in [-0.2, 0) is 9.53 Å². The Balaban J connectivity index is 2.22. The van der Waals surface area contributed by atoms with E-state index in [0.29, 0.717) is 5.57 Å². The maximum absolute atomic E-state index is 11.5. The lowest BCUT2D eigenvalue weighted by atomic mass is 10.0. The van der Waals surface area contributed by atoms with Crippen LogP contribution in [0.4, 0.5) is 0 Å². The van der Waals surface area contributed by atoms with Crippen molar-refractivity contribution in [1.29, 1.82) is 0 Å². The summed E-state index contributed by atoms with van der Waals surface area (Å²) in [5.74, 6) is 1.18. The average molecular weight is 314 g/mol. The van der Waals surface area contributed by atoms with E-state index >= 15 is 0 Å². The monoisotopic (exact) mass is 314 g/mol. The van der Waals surface area contributed by atoms with Crippen molar-refractivity contribution >= 4 is 16.7 Å². The molecule has 2 aromatic rings. The van der Waals surface area contributed by atoms with Gasteiger partial charge in [0.1, 0.15) is 24.2 Å². The molecule has 0 aromatic heterocycles. The Bertz CT molecular complexity index is 733. The van der Waals surface area contributed by atoms with Crippen LogP contribution >= 0.6 is 0 Å². The first-order valence-corrected chi connectivity index (χ1v) is 7.49. The van der Waals surface area contributed by atoms with E-state index in [1.54, 1.807) is 21.0 Å². The highest BCUT2D eigenvalue weighted by Gasteiger charge is 2.14. The van der Waals surface area contributed by atoms with Crippen LogP contribution in [-0.4, -0.2) is 25.8 Å². The molecule has 2 aromatic carbocycles. The van der Waals surface area contributed by atoms with Gasteiger partial charge in [0.25, 0.3) is 0 Å². The van der Waals surface area contributed by atoms with Crippen molar-refractivity contribution in [2.75, 3.05) is 13.7 Å². The lowest BCUT2D eigenvalue weighted by Gasteiger charge is -2.18. The van der Waals surface area contributed by atoms with Gasteiger partial charge in [0.05, 0.1) is 7.11 Å². The van der Waals surface area contributed by atoms with Gasteiger partial charge >= 0.3 is 5.97 Å². The third-order valence-corrected chi connectivity index (χ3v) is 3.48. The van der Waals surface area contributed by atoms with Crippen molar-refractivity contribution in [3.8, 4) is 11.5 Å². The standard InChI is InChI=1S/C19H22O4/c1-12(2)19(20)23-14(4)11-22-18-13(3)10-17(21-5)15-8-6-7-9-16(15)18/h6-10,14H,1,11H2,2-5H3. The van der Waals surface area contributed by atoms with Gasteiger partial charge in [0, 0.05) is 16.3 Å². The molecule has 1 atom stereocenters. The summed E-state index contributed by atoms with van der Waals surface area (Å²) in [7, 11) is 1.65. The molecule has 122 valence electrons. The molecule has 0 amide bonds. The summed E-state index contributed by atoms with van der Waals surface area (Å²) in [6.07, 6.45) is -0.362. The number of rotatable bonds is 6. The fourth-order valence-corrected chi connectivity index (χ4v) is 2.33. The fourth-order valence-electron chi connectivity index (χ4n) is 2.33. The van der Waals surface area contributed by atoms with E-state index in [4.69, 9.17) is 14.2 Å². The van der Waals surface area contributed by atoms with Crippen molar-refractivity contribution in [3.63, 3.8) is 0 Å². The summed E-state index contributed by atoms with van der Waals surface area (Å²) >= 11 is 0. The van der Waals surface area contributed by atoms with Crippen LogP contribution in [0.3, 0.4) is 0 Å².